The number of hydrogen-bond donors (Lipinski definition) is 0. The van der Waals surface area contributed by atoms with E-state index in [9.17, 15) is 17.6 Å². The SMILES string of the molecule is Fc1ccc(CN(CC2CC2)c2cc(C(F)(F)F)nc3ncnn23)cc1. The van der Waals surface area contributed by atoms with Crippen LogP contribution in [0.5, 0.6) is 0 Å². The molecule has 9 heteroatoms. The minimum absolute atomic E-state index is 0.102. The Hall–Kier alpha value is -2.71. The molecule has 1 aliphatic rings. The normalized spacial score (nSPS) is 14.8. The van der Waals surface area contributed by atoms with E-state index >= 15 is 0 Å². The molecule has 26 heavy (non-hydrogen) atoms. The molecule has 0 unspecified atom stereocenters. The topological polar surface area (TPSA) is 46.3 Å². The van der Waals surface area contributed by atoms with Gasteiger partial charge >= 0.3 is 6.18 Å². The average Bonchev–Trinajstić information content (AvgIpc) is 3.28. The number of nitrogens with zero attached hydrogens (tertiary/aromatic N) is 5. The highest BCUT2D eigenvalue weighted by Crippen LogP contribution is 2.34. The number of aromatic nitrogens is 4. The number of benzene rings is 1. The maximum atomic E-state index is 13.2. The van der Waals surface area contributed by atoms with Crippen molar-refractivity contribution in [2.24, 2.45) is 5.92 Å². The van der Waals surface area contributed by atoms with Gasteiger partial charge in [-0.3, -0.25) is 0 Å². The number of anilines is 1. The van der Waals surface area contributed by atoms with Gasteiger partial charge in [0.1, 0.15) is 18.0 Å². The van der Waals surface area contributed by atoms with Crippen molar-refractivity contribution in [2.75, 3.05) is 11.4 Å². The van der Waals surface area contributed by atoms with E-state index in [1.807, 2.05) is 4.90 Å². The smallest absolute Gasteiger partial charge is 0.352 e. The number of halogens is 4. The lowest BCUT2D eigenvalue weighted by atomic mass is 10.2. The van der Waals surface area contributed by atoms with Crippen molar-refractivity contribution in [2.45, 2.75) is 25.6 Å². The van der Waals surface area contributed by atoms with E-state index in [0.717, 1.165) is 24.5 Å². The second kappa shape index (κ2) is 6.22. The predicted molar refractivity (Wildman–Crippen MR) is 86.0 cm³/mol. The Labute approximate surface area is 146 Å². The maximum Gasteiger partial charge on any atom is 0.433 e. The molecule has 0 saturated heterocycles. The number of rotatable bonds is 5. The van der Waals surface area contributed by atoms with Crippen molar-refractivity contribution in [1.29, 1.82) is 0 Å². The Kier molecular flexibility index (Phi) is 4.01. The minimum Gasteiger partial charge on any atom is -0.352 e. The van der Waals surface area contributed by atoms with Gasteiger partial charge < -0.3 is 4.90 Å². The van der Waals surface area contributed by atoms with Crippen LogP contribution in [-0.4, -0.2) is 26.1 Å². The van der Waals surface area contributed by atoms with Crippen LogP contribution in [0.3, 0.4) is 0 Å². The molecule has 0 bridgehead atoms. The van der Waals surface area contributed by atoms with Gasteiger partial charge in [-0.1, -0.05) is 12.1 Å². The first-order valence-electron chi connectivity index (χ1n) is 8.17. The highest BCUT2D eigenvalue weighted by molar-refractivity contribution is 5.48. The monoisotopic (exact) mass is 365 g/mol. The van der Waals surface area contributed by atoms with Crippen LogP contribution in [-0.2, 0) is 12.7 Å². The Balaban J connectivity index is 1.76. The van der Waals surface area contributed by atoms with Crippen LogP contribution >= 0.6 is 0 Å². The summed E-state index contributed by atoms with van der Waals surface area (Å²) >= 11 is 0. The fourth-order valence-corrected chi connectivity index (χ4v) is 2.83. The van der Waals surface area contributed by atoms with Crippen LogP contribution in [0.25, 0.3) is 5.78 Å². The van der Waals surface area contributed by atoms with Crippen LogP contribution in [0.2, 0.25) is 0 Å². The van der Waals surface area contributed by atoms with Crippen LogP contribution in [0, 0.1) is 11.7 Å². The second-order valence-electron chi connectivity index (χ2n) is 6.42. The summed E-state index contributed by atoms with van der Waals surface area (Å²) in [5, 5.41) is 4.02. The predicted octanol–water partition coefficient (Wildman–Crippen LogP) is 3.70. The van der Waals surface area contributed by atoms with Gasteiger partial charge in [-0.05, 0) is 36.5 Å². The first-order chi connectivity index (χ1) is 12.4. The van der Waals surface area contributed by atoms with Crippen molar-refractivity contribution >= 4 is 11.6 Å². The number of hydrogen-bond acceptors (Lipinski definition) is 4. The Bertz CT molecular complexity index is 915. The number of alkyl halides is 3. The van der Waals surface area contributed by atoms with E-state index in [-0.39, 0.29) is 17.4 Å². The van der Waals surface area contributed by atoms with E-state index in [0.29, 0.717) is 19.0 Å². The molecule has 0 spiro atoms. The molecule has 1 aromatic carbocycles. The lowest BCUT2D eigenvalue weighted by Crippen LogP contribution is -2.28. The Morgan fingerprint density at radius 3 is 2.54 bits per heavy atom. The molecular formula is C17H15F4N5. The summed E-state index contributed by atoms with van der Waals surface area (Å²) in [5.74, 6) is 0.242. The molecule has 1 saturated carbocycles. The summed E-state index contributed by atoms with van der Waals surface area (Å²) in [6.07, 6.45) is -1.32. The van der Waals surface area contributed by atoms with Gasteiger partial charge in [-0.2, -0.15) is 27.8 Å². The largest absolute Gasteiger partial charge is 0.433 e. The van der Waals surface area contributed by atoms with E-state index in [4.69, 9.17) is 0 Å². The van der Waals surface area contributed by atoms with E-state index in [1.54, 1.807) is 12.1 Å². The lowest BCUT2D eigenvalue weighted by molar-refractivity contribution is -0.141. The molecule has 1 aliphatic carbocycles. The van der Waals surface area contributed by atoms with Crippen molar-refractivity contribution in [3.05, 3.63) is 53.7 Å². The van der Waals surface area contributed by atoms with E-state index in [1.165, 1.54) is 23.0 Å². The Morgan fingerprint density at radius 1 is 1.15 bits per heavy atom. The molecule has 0 amide bonds. The third-order valence-corrected chi connectivity index (χ3v) is 4.31. The fourth-order valence-electron chi connectivity index (χ4n) is 2.83. The molecular weight excluding hydrogens is 350 g/mol. The number of fused-ring (bicyclic) bond motifs is 1. The molecule has 0 N–H and O–H groups in total. The van der Waals surface area contributed by atoms with Crippen molar-refractivity contribution in [3.8, 4) is 0 Å². The third-order valence-electron chi connectivity index (χ3n) is 4.31. The molecule has 2 heterocycles. The van der Waals surface area contributed by atoms with Gasteiger partial charge in [0.25, 0.3) is 5.78 Å². The zero-order chi connectivity index (χ0) is 18.3. The molecule has 0 atom stereocenters. The van der Waals surface area contributed by atoms with Crippen LogP contribution < -0.4 is 4.90 Å². The molecule has 2 aromatic heterocycles. The molecule has 0 radical (unpaired) electrons. The molecule has 1 fully saturated rings. The van der Waals surface area contributed by atoms with Crippen molar-refractivity contribution < 1.29 is 17.6 Å². The van der Waals surface area contributed by atoms with Gasteiger partial charge in [-0.25, -0.2) is 9.37 Å². The van der Waals surface area contributed by atoms with Crippen LogP contribution in [0.1, 0.15) is 24.1 Å². The van der Waals surface area contributed by atoms with Crippen LogP contribution in [0.4, 0.5) is 23.4 Å². The van der Waals surface area contributed by atoms with Gasteiger partial charge in [0, 0.05) is 19.2 Å². The zero-order valence-corrected chi connectivity index (χ0v) is 13.6. The van der Waals surface area contributed by atoms with Crippen molar-refractivity contribution in [1.82, 2.24) is 19.6 Å². The van der Waals surface area contributed by atoms with Crippen LogP contribution in [0.15, 0.2) is 36.7 Å². The van der Waals surface area contributed by atoms with Gasteiger partial charge in [0.2, 0.25) is 0 Å². The quantitative estimate of drug-likeness (QED) is 0.647. The van der Waals surface area contributed by atoms with Crippen molar-refractivity contribution in [3.63, 3.8) is 0 Å². The fraction of sp³-hybridized carbons (Fsp3) is 0.353. The molecule has 136 valence electrons. The standard InChI is InChI=1S/C17H15F4N5/c18-13-5-3-12(4-6-13)9-25(8-11-1-2-11)15-7-14(17(19,20)21)24-16-22-10-23-26(15)16/h3-7,10-11H,1-2,8-9H2. The lowest BCUT2D eigenvalue weighted by Gasteiger charge is -2.25. The summed E-state index contributed by atoms with van der Waals surface area (Å²) in [7, 11) is 0. The average molecular weight is 365 g/mol. The highest BCUT2D eigenvalue weighted by Gasteiger charge is 2.35. The van der Waals surface area contributed by atoms with Gasteiger partial charge in [0.15, 0.2) is 5.69 Å². The summed E-state index contributed by atoms with van der Waals surface area (Å²) in [6, 6.07) is 6.92. The Morgan fingerprint density at radius 2 is 1.88 bits per heavy atom. The molecule has 5 nitrogen and oxygen atoms in total. The summed E-state index contributed by atoms with van der Waals surface area (Å²) in [5.41, 5.74) is -0.210. The maximum absolute atomic E-state index is 13.2. The first kappa shape index (κ1) is 16.7. The minimum atomic E-state index is -4.58. The van der Waals surface area contributed by atoms with Gasteiger partial charge in [0.05, 0.1) is 0 Å². The van der Waals surface area contributed by atoms with E-state index in [2.05, 4.69) is 15.1 Å². The molecule has 3 aromatic rings. The zero-order valence-electron chi connectivity index (χ0n) is 13.6. The summed E-state index contributed by atoms with van der Waals surface area (Å²) in [4.78, 5) is 9.19. The summed E-state index contributed by atoms with van der Waals surface area (Å²) < 4.78 is 54.1. The first-order valence-corrected chi connectivity index (χ1v) is 8.17. The summed E-state index contributed by atoms with van der Waals surface area (Å²) in [6.45, 7) is 0.931. The molecule has 4 rings (SSSR count). The highest BCUT2D eigenvalue weighted by atomic mass is 19.4. The second-order valence-corrected chi connectivity index (χ2v) is 6.42. The third kappa shape index (κ3) is 3.47. The van der Waals surface area contributed by atoms with E-state index < -0.39 is 11.9 Å². The molecule has 0 aliphatic heterocycles. The van der Waals surface area contributed by atoms with Gasteiger partial charge in [-0.15, -0.1) is 0 Å².